The van der Waals surface area contributed by atoms with Gasteiger partial charge in [0.05, 0.1) is 29.3 Å². The minimum absolute atomic E-state index is 0.00880. The predicted molar refractivity (Wildman–Crippen MR) is 115 cm³/mol. The third-order valence-electron chi connectivity index (χ3n) is 4.25. The number of para-hydroxylation sites is 2. The molecule has 2 aromatic carbocycles. The van der Waals surface area contributed by atoms with Crippen molar-refractivity contribution < 1.29 is 13.5 Å². The van der Waals surface area contributed by atoms with Gasteiger partial charge in [0.15, 0.2) is 5.11 Å². The van der Waals surface area contributed by atoms with Crippen LogP contribution in [0.2, 0.25) is 5.02 Å². The fourth-order valence-electron chi connectivity index (χ4n) is 2.86. The Kier molecular flexibility index (Phi) is 6.66. The molecule has 1 aromatic heterocycles. The van der Waals surface area contributed by atoms with Crippen molar-refractivity contribution >= 4 is 40.3 Å². The Balaban J connectivity index is 1.75. The van der Waals surface area contributed by atoms with Gasteiger partial charge in [-0.05, 0) is 49.8 Å². The lowest BCUT2D eigenvalue weighted by molar-refractivity contribution is -0.0493. The first kappa shape index (κ1) is 21.0. The van der Waals surface area contributed by atoms with Gasteiger partial charge in [0, 0.05) is 5.02 Å². The minimum atomic E-state index is -2.92. The number of halogens is 3. The number of thiocarbonyl (C=S) groups is 1. The molecule has 152 valence electrons. The first-order valence-corrected chi connectivity index (χ1v) is 9.53. The lowest BCUT2D eigenvalue weighted by Gasteiger charge is -2.14. The summed E-state index contributed by atoms with van der Waals surface area (Å²) in [6.45, 7) is 1.36. The molecule has 9 heteroatoms. The van der Waals surface area contributed by atoms with Gasteiger partial charge in [0.1, 0.15) is 5.75 Å². The fourth-order valence-corrected chi connectivity index (χ4v) is 3.26. The third-order valence-corrected chi connectivity index (χ3v) is 4.82. The highest BCUT2D eigenvalue weighted by Crippen LogP contribution is 2.27. The SMILES string of the molecule is Cc1nn(Cc2ccccc2Cl)c(C)c1NC(=S)Nc1ccccc1OC(F)F. The van der Waals surface area contributed by atoms with Gasteiger partial charge in [-0.3, -0.25) is 4.68 Å². The normalized spacial score (nSPS) is 10.8. The van der Waals surface area contributed by atoms with Gasteiger partial charge in [-0.1, -0.05) is 41.9 Å². The Hall–Kier alpha value is -2.71. The molecule has 29 heavy (non-hydrogen) atoms. The monoisotopic (exact) mass is 436 g/mol. The second-order valence-corrected chi connectivity index (χ2v) is 7.06. The zero-order valence-electron chi connectivity index (χ0n) is 15.7. The maximum absolute atomic E-state index is 12.6. The van der Waals surface area contributed by atoms with Gasteiger partial charge in [0.2, 0.25) is 0 Å². The van der Waals surface area contributed by atoms with Crippen LogP contribution < -0.4 is 15.4 Å². The molecule has 5 nitrogen and oxygen atoms in total. The number of aryl methyl sites for hydroxylation is 1. The van der Waals surface area contributed by atoms with Crippen LogP contribution in [0.3, 0.4) is 0 Å². The van der Waals surface area contributed by atoms with Crippen molar-refractivity contribution in [2.75, 3.05) is 10.6 Å². The van der Waals surface area contributed by atoms with Gasteiger partial charge in [0.25, 0.3) is 0 Å². The average Bonchev–Trinajstić information content (AvgIpc) is 2.92. The molecule has 0 aliphatic heterocycles. The summed E-state index contributed by atoms with van der Waals surface area (Å²) in [6, 6.07) is 13.9. The molecule has 0 aliphatic rings. The van der Waals surface area contributed by atoms with Crippen LogP contribution in [0.15, 0.2) is 48.5 Å². The van der Waals surface area contributed by atoms with Crippen molar-refractivity contribution in [3.8, 4) is 5.75 Å². The van der Waals surface area contributed by atoms with E-state index in [1.165, 1.54) is 6.07 Å². The number of hydrogen-bond acceptors (Lipinski definition) is 3. The Labute approximate surface area is 177 Å². The van der Waals surface area contributed by atoms with Crippen LogP contribution in [-0.2, 0) is 6.54 Å². The van der Waals surface area contributed by atoms with Crippen molar-refractivity contribution in [2.24, 2.45) is 0 Å². The summed E-state index contributed by atoms with van der Waals surface area (Å²) in [5, 5.41) is 11.4. The number of aromatic nitrogens is 2. The number of nitrogens with one attached hydrogen (secondary N) is 2. The quantitative estimate of drug-likeness (QED) is 0.492. The molecular weight excluding hydrogens is 418 g/mol. The zero-order chi connectivity index (χ0) is 21.0. The predicted octanol–water partition coefficient (Wildman–Crippen LogP) is 5.61. The topological polar surface area (TPSA) is 51.1 Å². The number of ether oxygens (including phenoxy) is 1. The van der Waals surface area contributed by atoms with Gasteiger partial charge < -0.3 is 15.4 Å². The molecule has 0 amide bonds. The molecule has 3 aromatic rings. The van der Waals surface area contributed by atoms with Crippen molar-refractivity contribution in [3.05, 3.63) is 70.5 Å². The number of anilines is 2. The van der Waals surface area contributed by atoms with E-state index in [-0.39, 0.29) is 10.9 Å². The second kappa shape index (κ2) is 9.19. The average molecular weight is 437 g/mol. The Morgan fingerprint density at radius 1 is 1.14 bits per heavy atom. The Morgan fingerprint density at radius 3 is 2.55 bits per heavy atom. The number of alkyl halides is 2. The molecule has 0 spiro atoms. The first-order chi connectivity index (χ1) is 13.8. The van der Waals surface area contributed by atoms with E-state index in [1.807, 2.05) is 42.8 Å². The molecule has 0 fully saturated rings. The van der Waals surface area contributed by atoms with E-state index in [0.717, 1.165) is 22.6 Å². The lowest BCUT2D eigenvalue weighted by atomic mass is 10.2. The van der Waals surface area contributed by atoms with Crippen LogP contribution in [0.25, 0.3) is 0 Å². The molecule has 1 heterocycles. The van der Waals surface area contributed by atoms with Crippen LogP contribution in [-0.4, -0.2) is 21.5 Å². The van der Waals surface area contributed by atoms with Gasteiger partial charge >= 0.3 is 6.61 Å². The van der Waals surface area contributed by atoms with E-state index in [2.05, 4.69) is 20.5 Å². The van der Waals surface area contributed by atoms with Crippen LogP contribution >= 0.6 is 23.8 Å². The second-order valence-electron chi connectivity index (χ2n) is 6.25. The van der Waals surface area contributed by atoms with E-state index in [9.17, 15) is 8.78 Å². The van der Waals surface area contributed by atoms with Crippen LogP contribution in [0.4, 0.5) is 20.2 Å². The highest BCUT2D eigenvalue weighted by molar-refractivity contribution is 7.80. The highest BCUT2D eigenvalue weighted by Gasteiger charge is 2.15. The van der Waals surface area contributed by atoms with E-state index < -0.39 is 6.61 Å². The van der Waals surface area contributed by atoms with E-state index in [4.69, 9.17) is 23.8 Å². The van der Waals surface area contributed by atoms with Gasteiger partial charge in [-0.25, -0.2) is 0 Å². The molecule has 0 saturated heterocycles. The molecule has 2 N–H and O–H groups in total. The number of nitrogens with zero attached hydrogens (tertiary/aromatic N) is 2. The number of rotatable bonds is 6. The lowest BCUT2D eigenvalue weighted by Crippen LogP contribution is -2.20. The van der Waals surface area contributed by atoms with Gasteiger partial charge in [-0.15, -0.1) is 0 Å². The van der Waals surface area contributed by atoms with Crippen molar-refractivity contribution in [2.45, 2.75) is 27.0 Å². The summed E-state index contributed by atoms with van der Waals surface area (Å²) >= 11 is 11.6. The maximum Gasteiger partial charge on any atom is 0.387 e. The zero-order valence-corrected chi connectivity index (χ0v) is 17.3. The van der Waals surface area contributed by atoms with Crippen molar-refractivity contribution in [1.29, 1.82) is 0 Å². The summed E-state index contributed by atoms with van der Waals surface area (Å²) in [4.78, 5) is 0. The van der Waals surface area contributed by atoms with E-state index in [1.54, 1.807) is 18.2 Å². The summed E-state index contributed by atoms with van der Waals surface area (Å²) < 4.78 is 31.5. The standard InChI is InChI=1S/C20H19ClF2N4OS/c1-12-18(13(2)27(26-12)11-14-7-3-4-8-15(14)21)25-20(29)24-16-9-5-6-10-17(16)28-19(22)23/h3-10,19H,11H2,1-2H3,(H2,24,25,29). The largest absolute Gasteiger partial charge is 0.433 e. The summed E-state index contributed by atoms with van der Waals surface area (Å²) in [5.41, 5.74) is 3.63. The van der Waals surface area contributed by atoms with Crippen LogP contribution in [0, 0.1) is 13.8 Å². The molecule has 3 rings (SSSR count). The molecule has 0 bridgehead atoms. The van der Waals surface area contributed by atoms with E-state index in [0.29, 0.717) is 17.3 Å². The van der Waals surface area contributed by atoms with Crippen molar-refractivity contribution in [1.82, 2.24) is 9.78 Å². The third kappa shape index (κ3) is 5.21. The van der Waals surface area contributed by atoms with Crippen LogP contribution in [0.1, 0.15) is 17.0 Å². The minimum Gasteiger partial charge on any atom is -0.433 e. The van der Waals surface area contributed by atoms with E-state index >= 15 is 0 Å². The molecule has 0 unspecified atom stereocenters. The molecule has 0 atom stereocenters. The first-order valence-electron chi connectivity index (χ1n) is 8.74. The summed E-state index contributed by atoms with van der Waals surface area (Å²) in [6.07, 6.45) is 0. The van der Waals surface area contributed by atoms with Crippen LogP contribution in [0.5, 0.6) is 5.75 Å². The van der Waals surface area contributed by atoms with Gasteiger partial charge in [-0.2, -0.15) is 13.9 Å². The van der Waals surface area contributed by atoms with Crippen molar-refractivity contribution in [3.63, 3.8) is 0 Å². The number of hydrogen-bond donors (Lipinski definition) is 2. The molecule has 0 saturated carbocycles. The fraction of sp³-hybridized carbons (Fsp3) is 0.200. The molecule has 0 aliphatic carbocycles. The Morgan fingerprint density at radius 2 is 1.83 bits per heavy atom. The Bertz CT molecular complexity index is 1030. The molecule has 0 radical (unpaired) electrons. The number of benzene rings is 2. The molecular formula is C20H19ClF2N4OS. The maximum atomic E-state index is 12.6. The summed E-state index contributed by atoms with van der Waals surface area (Å²) in [7, 11) is 0. The summed E-state index contributed by atoms with van der Waals surface area (Å²) in [5.74, 6) is 0.00880. The smallest absolute Gasteiger partial charge is 0.387 e. The highest BCUT2D eigenvalue weighted by atomic mass is 35.5.